The molecule has 0 unspecified atom stereocenters. The van der Waals surface area contributed by atoms with E-state index in [4.69, 9.17) is 0 Å². The van der Waals surface area contributed by atoms with Crippen LogP contribution < -0.4 is 5.19 Å². The molecule has 0 saturated heterocycles. The van der Waals surface area contributed by atoms with E-state index in [1.165, 1.54) is 10.8 Å². The fourth-order valence-electron chi connectivity index (χ4n) is 0.920. The van der Waals surface area contributed by atoms with Gasteiger partial charge in [0.1, 0.15) is 0 Å². The quantitative estimate of drug-likeness (QED) is 0.498. The number of rotatable bonds is 1. The van der Waals surface area contributed by atoms with Crippen molar-refractivity contribution in [1.29, 1.82) is 0 Å². The Labute approximate surface area is 75.7 Å². The molecule has 0 heterocycles. The van der Waals surface area contributed by atoms with E-state index >= 15 is 0 Å². The van der Waals surface area contributed by atoms with Crippen molar-refractivity contribution in [2.75, 3.05) is 0 Å². The number of benzene rings is 1. The normalized spacial score (nSPS) is 10.6. The minimum atomic E-state index is -0.300. The van der Waals surface area contributed by atoms with Crippen molar-refractivity contribution in [3.63, 3.8) is 0 Å². The zero-order valence-corrected chi connectivity index (χ0v) is 9.07. The molecule has 0 nitrogen and oxygen atoms in total. The van der Waals surface area contributed by atoms with Gasteiger partial charge in [-0.25, -0.2) is 0 Å². The highest BCUT2D eigenvalue weighted by molar-refractivity contribution is 7.80. The lowest BCUT2D eigenvalue weighted by Gasteiger charge is -2.05. The Balaban J connectivity index is 3.05. The van der Waals surface area contributed by atoms with Gasteiger partial charge in [-0.3, -0.25) is 0 Å². The van der Waals surface area contributed by atoms with Gasteiger partial charge in [-0.05, 0) is 18.6 Å². The maximum atomic E-state index is 4.38. The second-order valence-electron chi connectivity index (χ2n) is 3.00. The molecule has 0 bridgehead atoms. The number of aryl methyl sites for hydroxylation is 1. The van der Waals surface area contributed by atoms with E-state index < -0.39 is 0 Å². The number of hydrogen-bond acceptors (Lipinski definition) is 1. The summed E-state index contributed by atoms with van der Waals surface area (Å²) in [6.07, 6.45) is 0. The lowest BCUT2D eigenvalue weighted by molar-refractivity contribution is 1.32. The van der Waals surface area contributed by atoms with Gasteiger partial charge in [0.25, 0.3) is 0 Å². The zero-order valence-electron chi connectivity index (χ0n) is 7.18. The Bertz CT molecular complexity index is 256. The average Bonchev–Trinajstić information content (AvgIpc) is 1.94. The molecule has 11 heavy (non-hydrogen) atoms. The SMILES string of the molecule is Cc1ccc([Si](C)C)cc1S. The molecule has 0 atom stereocenters. The van der Waals surface area contributed by atoms with Gasteiger partial charge in [0.15, 0.2) is 0 Å². The van der Waals surface area contributed by atoms with Crippen LogP contribution in [0.4, 0.5) is 0 Å². The Morgan fingerprint density at radius 1 is 1.27 bits per heavy atom. The van der Waals surface area contributed by atoms with Gasteiger partial charge in [0, 0.05) is 4.90 Å². The first-order chi connectivity index (χ1) is 5.11. The van der Waals surface area contributed by atoms with E-state index in [2.05, 4.69) is 50.8 Å². The molecule has 1 aromatic rings. The molecule has 59 valence electrons. The van der Waals surface area contributed by atoms with Gasteiger partial charge in [-0.2, -0.15) is 0 Å². The third-order valence-corrected chi connectivity index (χ3v) is 3.73. The molecule has 1 radical (unpaired) electrons. The smallest absolute Gasteiger partial charge is 0.0792 e. The minimum absolute atomic E-state index is 0.300. The molecule has 1 aromatic carbocycles. The van der Waals surface area contributed by atoms with Crippen LogP contribution in [0.3, 0.4) is 0 Å². The summed E-state index contributed by atoms with van der Waals surface area (Å²) >= 11 is 4.38. The summed E-state index contributed by atoms with van der Waals surface area (Å²) < 4.78 is 0. The number of thiol groups is 1. The maximum Gasteiger partial charge on any atom is 0.0792 e. The molecule has 0 N–H and O–H groups in total. The second-order valence-corrected chi connectivity index (χ2v) is 6.06. The van der Waals surface area contributed by atoms with Crippen LogP contribution in [0.1, 0.15) is 5.56 Å². The molecule has 0 aliphatic heterocycles. The second kappa shape index (κ2) is 3.46. The van der Waals surface area contributed by atoms with Crippen molar-refractivity contribution in [2.24, 2.45) is 0 Å². The van der Waals surface area contributed by atoms with Crippen LogP contribution in [-0.4, -0.2) is 8.80 Å². The molecule has 0 amide bonds. The molecule has 0 saturated carbocycles. The van der Waals surface area contributed by atoms with E-state index in [1.54, 1.807) is 0 Å². The molecule has 0 aliphatic carbocycles. The van der Waals surface area contributed by atoms with Gasteiger partial charge in [0.05, 0.1) is 8.80 Å². The Kier molecular flexibility index (Phi) is 2.79. The summed E-state index contributed by atoms with van der Waals surface area (Å²) in [6, 6.07) is 6.55. The summed E-state index contributed by atoms with van der Waals surface area (Å²) in [7, 11) is -0.300. The summed E-state index contributed by atoms with van der Waals surface area (Å²) in [5.41, 5.74) is 1.26. The van der Waals surface area contributed by atoms with Crippen LogP contribution in [-0.2, 0) is 0 Å². The zero-order chi connectivity index (χ0) is 8.43. The molecule has 0 spiro atoms. The predicted octanol–water partition coefficient (Wildman–Crippen LogP) is 2.25. The van der Waals surface area contributed by atoms with E-state index in [0.717, 1.165) is 4.90 Å². The van der Waals surface area contributed by atoms with Gasteiger partial charge in [0.2, 0.25) is 0 Å². The molecular formula is C9H13SSi. The first kappa shape index (κ1) is 8.88. The van der Waals surface area contributed by atoms with E-state index in [9.17, 15) is 0 Å². The highest BCUT2D eigenvalue weighted by atomic mass is 32.1. The van der Waals surface area contributed by atoms with Crippen LogP contribution in [0.15, 0.2) is 23.1 Å². The Morgan fingerprint density at radius 3 is 2.36 bits per heavy atom. The minimum Gasteiger partial charge on any atom is -0.143 e. The van der Waals surface area contributed by atoms with Crippen molar-refractivity contribution in [3.8, 4) is 0 Å². The van der Waals surface area contributed by atoms with Gasteiger partial charge in [-0.1, -0.05) is 30.4 Å². The van der Waals surface area contributed by atoms with Crippen molar-refractivity contribution in [3.05, 3.63) is 23.8 Å². The van der Waals surface area contributed by atoms with E-state index in [-0.39, 0.29) is 8.80 Å². The lowest BCUT2D eigenvalue weighted by atomic mass is 10.2. The standard InChI is InChI=1S/C9H13SSi/c1-7-4-5-8(11(2)3)6-9(7)10/h4-6,10H,1-3H3. The van der Waals surface area contributed by atoms with Gasteiger partial charge in [-0.15, -0.1) is 12.6 Å². The summed E-state index contributed by atoms with van der Waals surface area (Å²) in [4.78, 5) is 1.12. The molecule has 0 aliphatic rings. The molecule has 1 rings (SSSR count). The molecular weight excluding hydrogens is 168 g/mol. The van der Waals surface area contributed by atoms with Crippen LogP contribution in [0.25, 0.3) is 0 Å². The van der Waals surface area contributed by atoms with E-state index in [1.807, 2.05) is 0 Å². The largest absolute Gasteiger partial charge is 0.143 e. The summed E-state index contributed by atoms with van der Waals surface area (Å²) in [5, 5.41) is 1.46. The Hall–Kier alpha value is -0.213. The average molecular weight is 181 g/mol. The first-order valence-electron chi connectivity index (χ1n) is 3.71. The highest BCUT2D eigenvalue weighted by Gasteiger charge is 2.01. The van der Waals surface area contributed by atoms with Crippen molar-refractivity contribution < 1.29 is 0 Å². The highest BCUT2D eigenvalue weighted by Crippen LogP contribution is 2.09. The topological polar surface area (TPSA) is 0 Å². The van der Waals surface area contributed by atoms with Gasteiger partial charge >= 0.3 is 0 Å². The van der Waals surface area contributed by atoms with Crippen LogP contribution in [0.2, 0.25) is 13.1 Å². The van der Waals surface area contributed by atoms with Crippen LogP contribution in [0, 0.1) is 6.92 Å². The fourth-order valence-corrected chi connectivity index (χ4v) is 2.11. The molecule has 0 fully saturated rings. The van der Waals surface area contributed by atoms with Crippen molar-refractivity contribution in [2.45, 2.75) is 24.9 Å². The lowest BCUT2D eigenvalue weighted by Crippen LogP contribution is -2.22. The first-order valence-corrected chi connectivity index (χ1v) is 6.66. The Morgan fingerprint density at radius 2 is 1.91 bits per heavy atom. The van der Waals surface area contributed by atoms with Crippen LogP contribution in [0.5, 0.6) is 0 Å². The fraction of sp³-hybridized carbons (Fsp3) is 0.333. The van der Waals surface area contributed by atoms with Crippen molar-refractivity contribution in [1.82, 2.24) is 0 Å². The molecule has 0 aromatic heterocycles. The van der Waals surface area contributed by atoms with Crippen molar-refractivity contribution >= 4 is 26.6 Å². The summed E-state index contributed by atoms with van der Waals surface area (Å²) in [6.45, 7) is 6.68. The predicted molar refractivity (Wildman–Crippen MR) is 55.5 cm³/mol. The summed E-state index contributed by atoms with van der Waals surface area (Å²) in [5.74, 6) is 0. The van der Waals surface area contributed by atoms with Crippen LogP contribution >= 0.6 is 12.6 Å². The number of hydrogen-bond donors (Lipinski definition) is 1. The maximum absolute atomic E-state index is 4.38. The third kappa shape index (κ3) is 2.11. The van der Waals surface area contributed by atoms with E-state index in [0.29, 0.717) is 0 Å². The molecule has 2 heteroatoms. The van der Waals surface area contributed by atoms with Gasteiger partial charge < -0.3 is 0 Å². The third-order valence-electron chi connectivity index (χ3n) is 1.79. The monoisotopic (exact) mass is 181 g/mol.